The molecule has 18 heavy (non-hydrogen) atoms. The Bertz CT molecular complexity index is 500. The first-order valence-corrected chi connectivity index (χ1v) is 6.48. The minimum atomic E-state index is 0.483. The van der Waals surface area contributed by atoms with Crippen LogP contribution in [0, 0.1) is 6.92 Å². The molecule has 0 aliphatic carbocycles. The molecule has 0 fully saturated rings. The Morgan fingerprint density at radius 3 is 2.61 bits per heavy atom. The van der Waals surface area contributed by atoms with E-state index in [1.807, 2.05) is 30.0 Å². The summed E-state index contributed by atoms with van der Waals surface area (Å²) in [7, 11) is 0. The van der Waals surface area contributed by atoms with Crippen molar-refractivity contribution >= 4 is 5.69 Å². The first-order chi connectivity index (χ1) is 8.76. The molecule has 0 aliphatic heterocycles. The molecule has 0 aliphatic rings. The lowest BCUT2D eigenvalue weighted by atomic mass is 10.1. The van der Waals surface area contributed by atoms with Crippen LogP contribution in [0.3, 0.4) is 0 Å². The molecule has 0 aromatic carbocycles. The second-order valence-electron chi connectivity index (χ2n) is 4.38. The molecule has 0 bridgehead atoms. The second kappa shape index (κ2) is 5.67. The zero-order valence-corrected chi connectivity index (χ0v) is 11.2. The van der Waals surface area contributed by atoms with Gasteiger partial charge in [0.1, 0.15) is 5.82 Å². The third kappa shape index (κ3) is 2.53. The van der Waals surface area contributed by atoms with Gasteiger partial charge in [0.25, 0.3) is 0 Å². The molecule has 0 spiro atoms. The zero-order valence-electron chi connectivity index (χ0n) is 11.2. The van der Waals surface area contributed by atoms with E-state index < -0.39 is 0 Å². The molecule has 0 amide bonds. The number of hydrogen-bond donors (Lipinski definition) is 1. The fourth-order valence-electron chi connectivity index (χ4n) is 2.02. The topological polar surface area (TPSA) is 42.7 Å². The molecule has 4 heteroatoms. The van der Waals surface area contributed by atoms with Crippen molar-refractivity contribution in [3.8, 4) is 5.82 Å². The molecule has 0 unspecified atom stereocenters. The Kier molecular flexibility index (Phi) is 3.97. The molecule has 2 aromatic rings. The van der Waals surface area contributed by atoms with Gasteiger partial charge in [-0.05, 0) is 31.9 Å². The van der Waals surface area contributed by atoms with Crippen LogP contribution in [-0.2, 0) is 0 Å². The lowest BCUT2D eigenvalue weighted by Gasteiger charge is -2.18. The van der Waals surface area contributed by atoms with Gasteiger partial charge in [-0.1, -0.05) is 13.8 Å². The maximum Gasteiger partial charge on any atom is 0.161 e. The van der Waals surface area contributed by atoms with Crippen LogP contribution in [-0.4, -0.2) is 20.6 Å². The molecule has 2 rings (SSSR count). The van der Waals surface area contributed by atoms with Crippen molar-refractivity contribution in [3.63, 3.8) is 0 Å². The number of pyridine rings is 1. The number of hydrogen-bond acceptors (Lipinski definition) is 3. The van der Waals surface area contributed by atoms with E-state index in [0.717, 1.165) is 30.2 Å². The molecule has 2 heterocycles. The van der Waals surface area contributed by atoms with Crippen molar-refractivity contribution in [2.24, 2.45) is 0 Å². The Morgan fingerprint density at radius 2 is 2.00 bits per heavy atom. The fraction of sp³-hybridized carbons (Fsp3) is 0.429. The Balaban J connectivity index is 2.34. The van der Waals surface area contributed by atoms with Crippen LogP contribution in [0.2, 0.25) is 0 Å². The van der Waals surface area contributed by atoms with Crippen LogP contribution in [0.5, 0.6) is 0 Å². The Hall–Kier alpha value is -1.84. The maximum atomic E-state index is 4.46. The number of rotatable bonds is 5. The number of nitrogens with one attached hydrogen (secondary N) is 1. The maximum absolute atomic E-state index is 4.46. The van der Waals surface area contributed by atoms with E-state index in [1.165, 1.54) is 0 Å². The first kappa shape index (κ1) is 12.6. The monoisotopic (exact) mass is 244 g/mol. The average Bonchev–Trinajstić information content (AvgIpc) is 2.82. The van der Waals surface area contributed by atoms with Crippen LogP contribution in [0.1, 0.15) is 32.5 Å². The summed E-state index contributed by atoms with van der Waals surface area (Å²) in [5.41, 5.74) is 1.06. The predicted octanol–water partition coefficient (Wildman–Crippen LogP) is 3.18. The summed E-state index contributed by atoms with van der Waals surface area (Å²) in [4.78, 5) is 8.71. The van der Waals surface area contributed by atoms with E-state index in [0.29, 0.717) is 6.04 Å². The molecular formula is C14H20N4. The van der Waals surface area contributed by atoms with Gasteiger partial charge in [0.05, 0.1) is 5.69 Å². The van der Waals surface area contributed by atoms with E-state index in [4.69, 9.17) is 0 Å². The summed E-state index contributed by atoms with van der Waals surface area (Å²) < 4.78 is 2.00. The van der Waals surface area contributed by atoms with Gasteiger partial charge < -0.3 is 5.32 Å². The standard InChI is InChI=1S/C14H20N4/c1-4-12(5-2)17-13-7-6-8-16-14(13)18-10-9-15-11(18)3/h6-10,12,17H,4-5H2,1-3H3. The van der Waals surface area contributed by atoms with Crippen LogP contribution < -0.4 is 5.32 Å². The van der Waals surface area contributed by atoms with Gasteiger partial charge in [-0.2, -0.15) is 0 Å². The zero-order chi connectivity index (χ0) is 13.0. The van der Waals surface area contributed by atoms with Crippen molar-refractivity contribution in [3.05, 3.63) is 36.5 Å². The van der Waals surface area contributed by atoms with Gasteiger partial charge in [0.2, 0.25) is 0 Å². The van der Waals surface area contributed by atoms with Crippen molar-refractivity contribution in [1.82, 2.24) is 14.5 Å². The van der Waals surface area contributed by atoms with Crippen LogP contribution >= 0.6 is 0 Å². The fourth-order valence-corrected chi connectivity index (χ4v) is 2.02. The molecule has 2 aromatic heterocycles. The lowest BCUT2D eigenvalue weighted by molar-refractivity contribution is 0.670. The highest BCUT2D eigenvalue weighted by atomic mass is 15.1. The van der Waals surface area contributed by atoms with E-state index in [9.17, 15) is 0 Å². The van der Waals surface area contributed by atoms with Crippen molar-refractivity contribution in [1.29, 1.82) is 0 Å². The van der Waals surface area contributed by atoms with E-state index in [-0.39, 0.29) is 0 Å². The summed E-state index contributed by atoms with van der Waals surface area (Å²) in [5, 5.41) is 3.55. The average molecular weight is 244 g/mol. The van der Waals surface area contributed by atoms with Gasteiger partial charge in [0, 0.05) is 24.6 Å². The smallest absolute Gasteiger partial charge is 0.161 e. The van der Waals surface area contributed by atoms with Crippen LogP contribution in [0.25, 0.3) is 5.82 Å². The number of aromatic nitrogens is 3. The normalized spacial score (nSPS) is 10.9. The lowest BCUT2D eigenvalue weighted by Crippen LogP contribution is -2.18. The highest BCUT2D eigenvalue weighted by Crippen LogP contribution is 2.20. The number of anilines is 1. The molecule has 1 N–H and O–H groups in total. The molecule has 0 saturated heterocycles. The van der Waals surface area contributed by atoms with Gasteiger partial charge in [-0.15, -0.1) is 0 Å². The van der Waals surface area contributed by atoms with Crippen molar-refractivity contribution in [2.45, 2.75) is 39.7 Å². The number of aryl methyl sites for hydroxylation is 1. The summed E-state index contributed by atoms with van der Waals surface area (Å²) in [6.07, 6.45) is 7.76. The van der Waals surface area contributed by atoms with E-state index in [2.05, 4.69) is 35.2 Å². The predicted molar refractivity (Wildman–Crippen MR) is 74.1 cm³/mol. The van der Waals surface area contributed by atoms with Crippen LogP contribution in [0.4, 0.5) is 5.69 Å². The molecule has 4 nitrogen and oxygen atoms in total. The SMILES string of the molecule is CCC(CC)Nc1cccnc1-n1ccnc1C. The first-order valence-electron chi connectivity index (χ1n) is 6.48. The second-order valence-corrected chi connectivity index (χ2v) is 4.38. The molecular weight excluding hydrogens is 224 g/mol. The van der Waals surface area contributed by atoms with Gasteiger partial charge >= 0.3 is 0 Å². The largest absolute Gasteiger partial charge is 0.379 e. The minimum absolute atomic E-state index is 0.483. The van der Waals surface area contributed by atoms with Gasteiger partial charge in [-0.3, -0.25) is 4.57 Å². The van der Waals surface area contributed by atoms with E-state index >= 15 is 0 Å². The molecule has 0 saturated carbocycles. The summed E-state index contributed by atoms with van der Waals surface area (Å²) >= 11 is 0. The third-order valence-electron chi connectivity index (χ3n) is 3.19. The summed E-state index contributed by atoms with van der Waals surface area (Å²) in [6, 6.07) is 4.51. The van der Waals surface area contributed by atoms with E-state index in [1.54, 1.807) is 6.20 Å². The molecule has 96 valence electrons. The number of imidazole rings is 1. The summed E-state index contributed by atoms with van der Waals surface area (Å²) in [6.45, 7) is 6.37. The molecule has 0 atom stereocenters. The Labute approximate surface area is 108 Å². The highest BCUT2D eigenvalue weighted by molar-refractivity contribution is 5.57. The minimum Gasteiger partial charge on any atom is -0.379 e. The highest BCUT2D eigenvalue weighted by Gasteiger charge is 2.10. The van der Waals surface area contributed by atoms with Crippen LogP contribution in [0.15, 0.2) is 30.7 Å². The number of nitrogens with zero attached hydrogens (tertiary/aromatic N) is 3. The molecule has 0 radical (unpaired) electrons. The quantitative estimate of drug-likeness (QED) is 0.878. The van der Waals surface area contributed by atoms with Gasteiger partial charge in [-0.25, -0.2) is 9.97 Å². The van der Waals surface area contributed by atoms with Gasteiger partial charge in [0.15, 0.2) is 5.82 Å². The third-order valence-corrected chi connectivity index (χ3v) is 3.19. The van der Waals surface area contributed by atoms with Crippen molar-refractivity contribution in [2.75, 3.05) is 5.32 Å². The Morgan fingerprint density at radius 1 is 1.22 bits per heavy atom. The van der Waals surface area contributed by atoms with Crippen molar-refractivity contribution < 1.29 is 0 Å². The summed E-state index contributed by atoms with van der Waals surface area (Å²) in [5.74, 6) is 1.86.